The van der Waals surface area contributed by atoms with Crippen molar-refractivity contribution in [1.82, 2.24) is 19.5 Å². The van der Waals surface area contributed by atoms with Gasteiger partial charge in [0.15, 0.2) is 17.0 Å². The Morgan fingerprint density at radius 2 is 2.04 bits per heavy atom. The van der Waals surface area contributed by atoms with E-state index in [2.05, 4.69) is 20.3 Å². The van der Waals surface area contributed by atoms with E-state index in [1.807, 2.05) is 24.3 Å². The first-order valence-electron chi connectivity index (χ1n) is 7.89. The predicted molar refractivity (Wildman–Crippen MR) is 103 cm³/mol. The van der Waals surface area contributed by atoms with E-state index in [1.165, 1.54) is 11.8 Å². The maximum atomic E-state index is 10.2. The number of anilines is 1. The Morgan fingerprint density at radius 3 is 2.77 bits per heavy atom. The van der Waals surface area contributed by atoms with Gasteiger partial charge in [-0.3, -0.25) is 4.57 Å². The fourth-order valence-corrected chi connectivity index (χ4v) is 4.50. The fraction of sp³-hybridized carbons (Fsp3) is 0.312. The SMILES string of the molecule is O[C@@H]1[C@H](n2cnc3c(NCc4ccccc4Cl)nc(Cl)nc32)SC[C@@H]1O. The lowest BCUT2D eigenvalue weighted by molar-refractivity contribution is 0.0313. The van der Waals surface area contributed by atoms with Crippen LogP contribution in [-0.4, -0.2) is 47.7 Å². The first kappa shape index (κ1) is 17.8. The largest absolute Gasteiger partial charge is 0.389 e. The summed E-state index contributed by atoms with van der Waals surface area (Å²) in [7, 11) is 0. The number of hydrogen-bond acceptors (Lipinski definition) is 7. The number of hydrogen-bond donors (Lipinski definition) is 3. The van der Waals surface area contributed by atoms with Crippen LogP contribution in [0.3, 0.4) is 0 Å². The molecule has 1 fully saturated rings. The maximum Gasteiger partial charge on any atom is 0.226 e. The quantitative estimate of drug-likeness (QED) is 0.567. The van der Waals surface area contributed by atoms with E-state index in [4.69, 9.17) is 23.2 Å². The number of halogens is 2. The molecule has 0 aliphatic carbocycles. The molecule has 3 N–H and O–H groups in total. The van der Waals surface area contributed by atoms with E-state index >= 15 is 0 Å². The molecule has 1 saturated heterocycles. The number of imidazole rings is 1. The average Bonchev–Trinajstić information content (AvgIpc) is 3.18. The van der Waals surface area contributed by atoms with E-state index in [-0.39, 0.29) is 10.7 Å². The summed E-state index contributed by atoms with van der Waals surface area (Å²) in [6, 6.07) is 7.51. The number of rotatable bonds is 4. The van der Waals surface area contributed by atoms with Crippen molar-refractivity contribution in [2.24, 2.45) is 0 Å². The normalized spacial score (nSPS) is 22.8. The van der Waals surface area contributed by atoms with Crippen LogP contribution in [0.4, 0.5) is 5.82 Å². The van der Waals surface area contributed by atoms with Crippen LogP contribution in [-0.2, 0) is 6.54 Å². The van der Waals surface area contributed by atoms with Crippen LogP contribution in [0.15, 0.2) is 30.6 Å². The van der Waals surface area contributed by atoms with Crippen LogP contribution in [0.25, 0.3) is 11.2 Å². The van der Waals surface area contributed by atoms with Gasteiger partial charge in [0, 0.05) is 17.3 Å². The number of aliphatic hydroxyl groups excluding tert-OH is 2. The second kappa shape index (κ2) is 7.21. The molecule has 26 heavy (non-hydrogen) atoms. The topological polar surface area (TPSA) is 96.1 Å². The third kappa shape index (κ3) is 3.23. The molecule has 0 radical (unpaired) electrons. The van der Waals surface area contributed by atoms with E-state index in [0.29, 0.717) is 34.3 Å². The molecule has 1 aliphatic heterocycles. The zero-order valence-electron chi connectivity index (χ0n) is 13.4. The minimum absolute atomic E-state index is 0.0685. The molecule has 0 bridgehead atoms. The summed E-state index contributed by atoms with van der Waals surface area (Å²) in [5, 5.41) is 23.5. The molecule has 4 rings (SSSR count). The second-order valence-electron chi connectivity index (χ2n) is 5.89. The van der Waals surface area contributed by atoms with E-state index in [0.717, 1.165) is 5.56 Å². The molecule has 0 spiro atoms. The van der Waals surface area contributed by atoms with Gasteiger partial charge in [-0.25, -0.2) is 4.98 Å². The highest BCUT2D eigenvalue weighted by Gasteiger charge is 2.36. The van der Waals surface area contributed by atoms with Gasteiger partial charge in [0.25, 0.3) is 0 Å². The molecule has 3 atom stereocenters. The Bertz CT molecular complexity index is 954. The Balaban J connectivity index is 1.67. The molecule has 0 unspecified atom stereocenters. The van der Waals surface area contributed by atoms with Gasteiger partial charge in [0.1, 0.15) is 11.5 Å². The number of thioether (sulfide) groups is 1. The summed E-state index contributed by atoms with van der Waals surface area (Å²) in [5.74, 6) is 0.929. The summed E-state index contributed by atoms with van der Waals surface area (Å²) in [4.78, 5) is 12.9. The Labute approximate surface area is 163 Å². The van der Waals surface area contributed by atoms with Gasteiger partial charge in [-0.15, -0.1) is 11.8 Å². The van der Waals surface area contributed by atoms with Crippen molar-refractivity contribution in [3.8, 4) is 0 Å². The number of aliphatic hydroxyl groups is 2. The van der Waals surface area contributed by atoms with Crippen molar-refractivity contribution >= 4 is 51.9 Å². The van der Waals surface area contributed by atoms with Crippen molar-refractivity contribution in [2.45, 2.75) is 24.1 Å². The highest BCUT2D eigenvalue weighted by Crippen LogP contribution is 2.38. The lowest BCUT2D eigenvalue weighted by Crippen LogP contribution is -2.27. The molecule has 3 aromatic rings. The number of aromatic nitrogens is 4. The second-order valence-corrected chi connectivity index (χ2v) is 7.79. The summed E-state index contributed by atoms with van der Waals surface area (Å²) >= 11 is 13.7. The maximum absolute atomic E-state index is 10.2. The Morgan fingerprint density at radius 1 is 1.23 bits per heavy atom. The lowest BCUT2D eigenvalue weighted by atomic mass is 10.2. The van der Waals surface area contributed by atoms with E-state index < -0.39 is 12.2 Å². The zero-order chi connectivity index (χ0) is 18.3. The number of fused-ring (bicyclic) bond motifs is 1. The molecule has 2 aromatic heterocycles. The predicted octanol–water partition coefficient (Wildman–Crippen LogP) is 2.71. The minimum atomic E-state index is -0.898. The van der Waals surface area contributed by atoms with Crippen molar-refractivity contribution in [2.75, 3.05) is 11.1 Å². The minimum Gasteiger partial charge on any atom is -0.389 e. The van der Waals surface area contributed by atoms with Gasteiger partial charge >= 0.3 is 0 Å². The van der Waals surface area contributed by atoms with Gasteiger partial charge in [-0.05, 0) is 23.2 Å². The summed E-state index contributed by atoms with van der Waals surface area (Å²) in [5.41, 5.74) is 1.95. The van der Waals surface area contributed by atoms with Crippen LogP contribution in [0.1, 0.15) is 10.9 Å². The van der Waals surface area contributed by atoms with Gasteiger partial charge in [0.2, 0.25) is 5.28 Å². The van der Waals surface area contributed by atoms with Gasteiger partial charge < -0.3 is 15.5 Å². The molecular weight excluding hydrogens is 397 g/mol. The monoisotopic (exact) mass is 411 g/mol. The van der Waals surface area contributed by atoms with Crippen molar-refractivity contribution in [1.29, 1.82) is 0 Å². The third-order valence-electron chi connectivity index (χ3n) is 4.20. The molecule has 1 aliphatic rings. The number of nitrogens with one attached hydrogen (secondary N) is 1. The first-order valence-corrected chi connectivity index (χ1v) is 9.70. The Hall–Kier alpha value is -1.58. The van der Waals surface area contributed by atoms with Crippen LogP contribution in [0.2, 0.25) is 10.3 Å². The molecule has 7 nitrogen and oxygen atoms in total. The molecule has 0 saturated carbocycles. The van der Waals surface area contributed by atoms with Crippen molar-refractivity contribution in [3.63, 3.8) is 0 Å². The van der Waals surface area contributed by atoms with Gasteiger partial charge in [-0.2, -0.15) is 9.97 Å². The molecule has 1 aromatic carbocycles. The first-order chi connectivity index (χ1) is 12.5. The summed E-state index contributed by atoms with van der Waals surface area (Å²) < 4.78 is 1.72. The Kier molecular flexibility index (Phi) is 4.94. The van der Waals surface area contributed by atoms with Gasteiger partial charge in [-0.1, -0.05) is 29.8 Å². The zero-order valence-corrected chi connectivity index (χ0v) is 15.7. The standard InChI is InChI=1S/C16H15Cl2N5O2S/c17-9-4-2-1-3-8(9)5-19-13-11-14(22-16(18)21-13)23(7-20-11)15-12(25)10(24)6-26-15/h1-4,7,10,12,15,24-25H,5-6H2,(H,19,21,22)/t10-,12-,15+/m0/s1. The van der Waals surface area contributed by atoms with Crippen molar-refractivity contribution in [3.05, 3.63) is 46.5 Å². The van der Waals surface area contributed by atoms with Crippen LogP contribution < -0.4 is 5.32 Å². The molecule has 10 heteroatoms. The van der Waals surface area contributed by atoms with Crippen LogP contribution in [0.5, 0.6) is 0 Å². The fourth-order valence-electron chi connectivity index (χ4n) is 2.85. The van der Waals surface area contributed by atoms with Crippen LogP contribution in [0, 0.1) is 0 Å². The average molecular weight is 412 g/mol. The number of nitrogens with zero attached hydrogens (tertiary/aromatic N) is 4. The van der Waals surface area contributed by atoms with Gasteiger partial charge in [0.05, 0.1) is 12.4 Å². The summed E-state index contributed by atoms with van der Waals surface area (Å²) in [6.45, 7) is 0.453. The van der Waals surface area contributed by atoms with E-state index in [1.54, 1.807) is 10.9 Å². The third-order valence-corrected chi connectivity index (χ3v) is 6.12. The molecule has 136 valence electrons. The highest BCUT2D eigenvalue weighted by atomic mass is 35.5. The lowest BCUT2D eigenvalue weighted by Gasteiger charge is -2.17. The highest BCUT2D eigenvalue weighted by molar-refractivity contribution is 7.99. The molecule has 3 heterocycles. The van der Waals surface area contributed by atoms with Crippen LogP contribution >= 0.6 is 35.0 Å². The smallest absolute Gasteiger partial charge is 0.226 e. The number of benzene rings is 1. The molecular formula is C16H15Cl2N5O2S. The van der Waals surface area contributed by atoms with Crippen molar-refractivity contribution < 1.29 is 10.2 Å². The molecule has 0 amide bonds. The summed E-state index contributed by atoms with van der Waals surface area (Å²) in [6.07, 6.45) is -0.0989. The van der Waals surface area contributed by atoms with E-state index in [9.17, 15) is 10.2 Å².